The second-order valence-electron chi connectivity index (χ2n) is 13.0. The fourth-order valence-electron chi connectivity index (χ4n) is 7.24. The Morgan fingerprint density at radius 1 is 0.553 bits per heavy atom. The molecule has 2 heteroatoms. The summed E-state index contributed by atoms with van der Waals surface area (Å²) in [6.07, 6.45) is 8.19. The number of hydrogen-bond donors (Lipinski definition) is 0. The van der Waals surface area contributed by atoms with Gasteiger partial charge in [-0.2, -0.15) is 0 Å². The summed E-state index contributed by atoms with van der Waals surface area (Å²) in [4.78, 5) is 10.4. The van der Waals surface area contributed by atoms with Crippen molar-refractivity contribution in [2.75, 3.05) is 0 Å². The van der Waals surface area contributed by atoms with Gasteiger partial charge in [-0.05, 0) is 100 Å². The number of aryl methyl sites for hydroxylation is 1. The van der Waals surface area contributed by atoms with Gasteiger partial charge in [-0.1, -0.05) is 123 Å². The van der Waals surface area contributed by atoms with Gasteiger partial charge in [0.2, 0.25) is 0 Å². The van der Waals surface area contributed by atoms with E-state index >= 15 is 0 Å². The maximum Gasteiger partial charge on any atom is 0.0825 e. The molecular formula is C45H36N2. The third kappa shape index (κ3) is 4.89. The normalized spacial score (nSPS) is 13.5. The lowest BCUT2D eigenvalue weighted by molar-refractivity contribution is 0.660. The summed E-state index contributed by atoms with van der Waals surface area (Å²) in [5.41, 5.74) is 16.3. The summed E-state index contributed by atoms with van der Waals surface area (Å²) < 4.78 is 0. The van der Waals surface area contributed by atoms with Crippen molar-refractivity contribution in [2.24, 2.45) is 0 Å². The van der Waals surface area contributed by atoms with Gasteiger partial charge in [-0.15, -0.1) is 0 Å². The van der Waals surface area contributed by atoms with E-state index in [1.54, 1.807) is 0 Å². The molecule has 1 aliphatic rings. The predicted octanol–water partition coefficient (Wildman–Crippen LogP) is 12.0. The molecule has 2 aromatic heterocycles. The molecule has 2 heterocycles. The molecule has 0 N–H and O–H groups in total. The zero-order valence-electron chi connectivity index (χ0n) is 27.3. The fraction of sp³-hybridized carbons (Fsp3) is 0.111. The zero-order valence-corrected chi connectivity index (χ0v) is 27.3. The molecule has 0 amide bonds. The van der Waals surface area contributed by atoms with Crippen LogP contribution in [-0.2, 0) is 5.41 Å². The van der Waals surface area contributed by atoms with E-state index in [-0.39, 0.29) is 5.41 Å². The van der Waals surface area contributed by atoms with Crippen LogP contribution in [-0.4, -0.2) is 9.97 Å². The first-order valence-corrected chi connectivity index (χ1v) is 16.4. The van der Waals surface area contributed by atoms with Crippen LogP contribution in [0, 0.1) is 6.92 Å². The summed E-state index contributed by atoms with van der Waals surface area (Å²) in [6.45, 7) is 8.81. The fourth-order valence-corrected chi connectivity index (χ4v) is 7.24. The van der Waals surface area contributed by atoms with Gasteiger partial charge in [0, 0.05) is 21.8 Å². The Morgan fingerprint density at radius 2 is 1.21 bits per heavy atom. The molecule has 0 radical (unpaired) electrons. The van der Waals surface area contributed by atoms with Crippen molar-refractivity contribution in [1.29, 1.82) is 0 Å². The van der Waals surface area contributed by atoms with E-state index in [4.69, 9.17) is 9.97 Å². The topological polar surface area (TPSA) is 25.8 Å². The van der Waals surface area contributed by atoms with Crippen molar-refractivity contribution in [3.63, 3.8) is 0 Å². The first-order valence-electron chi connectivity index (χ1n) is 16.4. The molecule has 0 saturated carbocycles. The van der Waals surface area contributed by atoms with E-state index in [0.717, 1.165) is 49.9 Å². The number of aromatic nitrogens is 2. The highest BCUT2D eigenvalue weighted by Crippen LogP contribution is 2.49. The Hall–Kier alpha value is -5.60. The maximum atomic E-state index is 5.21. The Kier molecular flexibility index (Phi) is 6.95. The molecule has 7 aromatic rings. The van der Waals surface area contributed by atoms with E-state index in [2.05, 4.69) is 142 Å². The maximum absolute atomic E-state index is 5.21. The Bertz CT molecular complexity index is 2410. The number of pyridine rings is 2. The number of fused-ring (bicyclic) bond motifs is 6. The van der Waals surface area contributed by atoms with Crippen molar-refractivity contribution in [3.05, 3.63) is 162 Å². The van der Waals surface area contributed by atoms with E-state index in [1.807, 2.05) is 31.2 Å². The minimum atomic E-state index is 0.00639. The molecule has 0 bridgehead atoms. The molecule has 0 unspecified atom stereocenters. The molecule has 0 atom stereocenters. The van der Waals surface area contributed by atoms with Gasteiger partial charge in [0.1, 0.15) is 0 Å². The quantitative estimate of drug-likeness (QED) is 0.144. The van der Waals surface area contributed by atoms with Crippen LogP contribution >= 0.6 is 0 Å². The van der Waals surface area contributed by atoms with Gasteiger partial charge >= 0.3 is 0 Å². The molecular weight excluding hydrogens is 569 g/mol. The number of rotatable bonds is 5. The summed E-state index contributed by atoms with van der Waals surface area (Å²) in [5.74, 6) is 0. The molecule has 0 spiro atoms. The van der Waals surface area contributed by atoms with Crippen LogP contribution in [0.25, 0.3) is 72.5 Å². The van der Waals surface area contributed by atoms with Gasteiger partial charge in [-0.25, -0.2) is 9.97 Å². The van der Waals surface area contributed by atoms with Gasteiger partial charge in [0.25, 0.3) is 0 Å². The smallest absolute Gasteiger partial charge is 0.0825 e. The van der Waals surface area contributed by atoms with E-state index in [1.165, 1.54) is 38.9 Å². The molecule has 8 rings (SSSR count). The second kappa shape index (κ2) is 11.3. The highest BCUT2D eigenvalue weighted by molar-refractivity contribution is 6.09. The summed E-state index contributed by atoms with van der Waals surface area (Å²) in [5, 5.41) is 2.13. The molecule has 1 aliphatic carbocycles. The molecule has 2 nitrogen and oxygen atoms in total. The SMILES string of the molecule is C/C=C\C=C/c1nc2c(cc1C)c(-c1cccc(-c3cccc(-c4ccc5c(c4)-c4ccccc4C5(C)C)c3)c1)nc1ccccc12. The lowest BCUT2D eigenvalue weighted by Gasteiger charge is -2.21. The van der Waals surface area contributed by atoms with Crippen molar-refractivity contribution in [3.8, 4) is 44.6 Å². The average molecular weight is 605 g/mol. The number of allylic oxidation sites excluding steroid dienone is 3. The number of hydrogen-bond acceptors (Lipinski definition) is 2. The average Bonchev–Trinajstić information content (AvgIpc) is 3.34. The van der Waals surface area contributed by atoms with Crippen molar-refractivity contribution in [1.82, 2.24) is 9.97 Å². The van der Waals surface area contributed by atoms with Crippen molar-refractivity contribution >= 4 is 27.9 Å². The summed E-state index contributed by atoms with van der Waals surface area (Å²) in [7, 11) is 0. The zero-order chi connectivity index (χ0) is 32.1. The van der Waals surface area contributed by atoms with Crippen molar-refractivity contribution in [2.45, 2.75) is 33.1 Å². The third-order valence-electron chi connectivity index (χ3n) is 9.71. The number of nitrogens with zero attached hydrogens (tertiary/aromatic N) is 2. The van der Waals surface area contributed by atoms with Crippen LogP contribution in [0.1, 0.15) is 43.2 Å². The molecule has 0 saturated heterocycles. The van der Waals surface area contributed by atoms with E-state index < -0.39 is 0 Å². The monoisotopic (exact) mass is 604 g/mol. The highest BCUT2D eigenvalue weighted by Gasteiger charge is 2.35. The number of para-hydroxylation sites is 1. The number of benzene rings is 5. The lowest BCUT2D eigenvalue weighted by atomic mass is 9.82. The van der Waals surface area contributed by atoms with Crippen LogP contribution in [0.15, 0.2) is 140 Å². The van der Waals surface area contributed by atoms with Crippen LogP contribution in [0.2, 0.25) is 0 Å². The van der Waals surface area contributed by atoms with Crippen molar-refractivity contribution < 1.29 is 0 Å². The third-order valence-corrected chi connectivity index (χ3v) is 9.71. The molecule has 0 fully saturated rings. The van der Waals surface area contributed by atoms with E-state index in [9.17, 15) is 0 Å². The minimum Gasteiger partial charge on any atom is -0.247 e. The molecule has 47 heavy (non-hydrogen) atoms. The van der Waals surface area contributed by atoms with Crippen LogP contribution in [0.4, 0.5) is 0 Å². The van der Waals surface area contributed by atoms with Gasteiger partial charge in [0.15, 0.2) is 0 Å². The molecule has 0 aliphatic heterocycles. The predicted molar refractivity (Wildman–Crippen MR) is 200 cm³/mol. The highest BCUT2D eigenvalue weighted by atomic mass is 14.8. The van der Waals surface area contributed by atoms with Crippen LogP contribution < -0.4 is 0 Å². The first kappa shape index (κ1) is 28.8. The Morgan fingerprint density at radius 3 is 2.00 bits per heavy atom. The Labute approximate surface area is 276 Å². The first-order chi connectivity index (χ1) is 22.9. The lowest BCUT2D eigenvalue weighted by Crippen LogP contribution is -2.14. The van der Waals surface area contributed by atoms with Gasteiger partial charge < -0.3 is 0 Å². The standard InChI is InChI=1S/C45H36N2/c1-5-6-7-21-41-29(2)25-38-43(47-42-22-11-9-19-36(42)44(38)46-41)34-17-13-16-32(27-34)30-14-12-15-31(26-30)33-23-24-40-37(28-33)35-18-8-10-20-39(35)45(40,3)4/h5-28H,1-4H3/b6-5-,21-7-. The molecule has 226 valence electrons. The van der Waals surface area contributed by atoms with Crippen LogP contribution in [0.5, 0.6) is 0 Å². The molecule has 5 aromatic carbocycles. The summed E-state index contributed by atoms with van der Waals surface area (Å²) in [6, 6.07) is 44.1. The largest absolute Gasteiger partial charge is 0.247 e. The van der Waals surface area contributed by atoms with Crippen LogP contribution in [0.3, 0.4) is 0 Å². The van der Waals surface area contributed by atoms with Gasteiger partial charge in [0.05, 0.1) is 22.4 Å². The Balaban J connectivity index is 1.22. The summed E-state index contributed by atoms with van der Waals surface area (Å²) >= 11 is 0. The van der Waals surface area contributed by atoms with Gasteiger partial charge in [-0.3, -0.25) is 0 Å². The minimum absolute atomic E-state index is 0.00639. The van der Waals surface area contributed by atoms with E-state index in [0.29, 0.717) is 0 Å². The second-order valence-corrected chi connectivity index (χ2v) is 13.0.